The molecule has 0 radical (unpaired) electrons. The molecular weight excluding hydrogens is 338 g/mol. The third-order valence-corrected chi connectivity index (χ3v) is 6.87. The van der Waals surface area contributed by atoms with Gasteiger partial charge in [0, 0.05) is 19.2 Å². The molecule has 0 fully saturated rings. The zero-order valence-corrected chi connectivity index (χ0v) is 13.1. The summed E-state index contributed by atoms with van der Waals surface area (Å²) in [5, 5.41) is 0. The number of aryl methyl sites for hydroxylation is 1. The van der Waals surface area contributed by atoms with E-state index in [1.165, 1.54) is 21.9 Å². The van der Waals surface area contributed by atoms with E-state index in [-0.39, 0.29) is 0 Å². The Kier molecular flexibility index (Phi) is 3.96. The van der Waals surface area contributed by atoms with Gasteiger partial charge in [-0.3, -0.25) is 0 Å². The van der Waals surface area contributed by atoms with Gasteiger partial charge < -0.3 is 4.42 Å². The van der Waals surface area contributed by atoms with Crippen LogP contribution in [0.4, 0.5) is 0 Å². The van der Waals surface area contributed by atoms with E-state index >= 15 is 0 Å². The molecule has 18 heavy (non-hydrogen) atoms. The highest BCUT2D eigenvalue weighted by atomic mass is 79.9. The van der Waals surface area contributed by atoms with E-state index in [1.807, 2.05) is 6.92 Å². The SMILES string of the molecule is Cc1cc(S(=O)(=O)N(C)Cc2ccoc2)sc1Br. The minimum absolute atomic E-state index is 0.299. The third kappa shape index (κ3) is 2.69. The van der Waals surface area contributed by atoms with Crippen molar-refractivity contribution in [2.45, 2.75) is 17.7 Å². The average Bonchev–Trinajstić information content (AvgIpc) is 2.90. The minimum atomic E-state index is -3.44. The number of hydrogen-bond acceptors (Lipinski definition) is 4. The Morgan fingerprint density at radius 1 is 1.50 bits per heavy atom. The summed E-state index contributed by atoms with van der Waals surface area (Å²) in [6, 6.07) is 3.43. The van der Waals surface area contributed by atoms with Gasteiger partial charge in [0.25, 0.3) is 10.0 Å². The molecule has 0 unspecified atom stereocenters. The summed E-state index contributed by atoms with van der Waals surface area (Å²) in [4.78, 5) is 0. The summed E-state index contributed by atoms with van der Waals surface area (Å²) in [7, 11) is -1.88. The lowest BCUT2D eigenvalue weighted by molar-refractivity contribution is 0.465. The van der Waals surface area contributed by atoms with Crippen LogP contribution in [-0.4, -0.2) is 19.8 Å². The molecule has 0 atom stereocenters. The number of sulfonamides is 1. The van der Waals surface area contributed by atoms with E-state index in [0.29, 0.717) is 10.8 Å². The number of thiophene rings is 1. The van der Waals surface area contributed by atoms with Crippen LogP contribution in [0, 0.1) is 6.92 Å². The van der Waals surface area contributed by atoms with Gasteiger partial charge in [-0.15, -0.1) is 11.3 Å². The van der Waals surface area contributed by atoms with Crippen molar-refractivity contribution in [2.24, 2.45) is 0 Å². The van der Waals surface area contributed by atoms with Crippen LogP contribution in [-0.2, 0) is 16.6 Å². The fraction of sp³-hybridized carbons (Fsp3) is 0.273. The Morgan fingerprint density at radius 3 is 2.72 bits per heavy atom. The van der Waals surface area contributed by atoms with Gasteiger partial charge in [-0.1, -0.05) is 0 Å². The molecule has 7 heteroatoms. The topological polar surface area (TPSA) is 50.5 Å². The van der Waals surface area contributed by atoms with Gasteiger partial charge in [0.15, 0.2) is 0 Å². The molecule has 0 aromatic carbocycles. The lowest BCUT2D eigenvalue weighted by Crippen LogP contribution is -2.25. The molecule has 2 heterocycles. The van der Waals surface area contributed by atoms with Crippen molar-refractivity contribution >= 4 is 37.3 Å². The number of nitrogens with zero attached hydrogens (tertiary/aromatic N) is 1. The van der Waals surface area contributed by atoms with Crippen LogP contribution >= 0.6 is 27.3 Å². The van der Waals surface area contributed by atoms with Crippen molar-refractivity contribution < 1.29 is 12.8 Å². The van der Waals surface area contributed by atoms with Crippen LogP contribution in [0.25, 0.3) is 0 Å². The van der Waals surface area contributed by atoms with Gasteiger partial charge >= 0.3 is 0 Å². The van der Waals surface area contributed by atoms with Crippen LogP contribution in [0.5, 0.6) is 0 Å². The van der Waals surface area contributed by atoms with E-state index in [9.17, 15) is 8.42 Å². The molecule has 0 aliphatic heterocycles. The normalized spacial score (nSPS) is 12.2. The summed E-state index contributed by atoms with van der Waals surface area (Å²) in [6.07, 6.45) is 3.07. The molecule has 98 valence electrons. The van der Waals surface area contributed by atoms with Crippen LogP contribution in [0.15, 0.2) is 37.1 Å². The first kappa shape index (κ1) is 13.8. The lowest BCUT2D eigenvalue weighted by atomic mass is 10.3. The van der Waals surface area contributed by atoms with Gasteiger partial charge in [-0.05, 0) is 40.5 Å². The molecule has 2 rings (SSSR count). The smallest absolute Gasteiger partial charge is 0.252 e. The Morgan fingerprint density at radius 2 is 2.22 bits per heavy atom. The first-order valence-electron chi connectivity index (χ1n) is 5.14. The molecule has 0 spiro atoms. The monoisotopic (exact) mass is 349 g/mol. The zero-order chi connectivity index (χ0) is 13.3. The molecule has 0 bridgehead atoms. The molecule has 0 saturated carbocycles. The van der Waals surface area contributed by atoms with Crippen molar-refractivity contribution in [3.63, 3.8) is 0 Å². The van der Waals surface area contributed by atoms with Crippen LogP contribution in [0.1, 0.15) is 11.1 Å². The molecule has 0 saturated heterocycles. The molecule has 0 aliphatic rings. The fourth-order valence-electron chi connectivity index (χ4n) is 1.44. The minimum Gasteiger partial charge on any atom is -0.472 e. The van der Waals surface area contributed by atoms with Gasteiger partial charge in [0.05, 0.1) is 16.3 Å². The van der Waals surface area contributed by atoms with Crippen molar-refractivity contribution in [3.05, 3.63) is 39.6 Å². The quantitative estimate of drug-likeness (QED) is 0.851. The number of hydrogen-bond donors (Lipinski definition) is 0. The Bertz CT molecular complexity index is 612. The third-order valence-electron chi connectivity index (χ3n) is 2.48. The Labute approximate surface area is 118 Å². The average molecular weight is 350 g/mol. The highest BCUT2D eigenvalue weighted by Crippen LogP contribution is 2.32. The van der Waals surface area contributed by atoms with Crippen molar-refractivity contribution in [1.29, 1.82) is 0 Å². The first-order valence-corrected chi connectivity index (χ1v) is 8.19. The molecule has 2 aromatic heterocycles. The second kappa shape index (κ2) is 5.16. The standard InChI is InChI=1S/C11H12BrNO3S2/c1-8-5-10(17-11(8)12)18(14,15)13(2)6-9-3-4-16-7-9/h3-5,7H,6H2,1-2H3. The first-order chi connectivity index (χ1) is 8.41. The number of furan rings is 1. The van der Waals surface area contributed by atoms with Crippen LogP contribution in [0.3, 0.4) is 0 Å². The lowest BCUT2D eigenvalue weighted by Gasteiger charge is -2.14. The summed E-state index contributed by atoms with van der Waals surface area (Å²) in [5.41, 5.74) is 1.75. The molecule has 0 aliphatic carbocycles. The van der Waals surface area contributed by atoms with E-state index in [2.05, 4.69) is 15.9 Å². The highest BCUT2D eigenvalue weighted by Gasteiger charge is 2.24. The molecule has 0 amide bonds. The maximum absolute atomic E-state index is 12.3. The maximum Gasteiger partial charge on any atom is 0.252 e. The zero-order valence-electron chi connectivity index (χ0n) is 9.88. The maximum atomic E-state index is 12.3. The molecular formula is C11H12BrNO3S2. The predicted molar refractivity (Wildman–Crippen MR) is 74.1 cm³/mol. The summed E-state index contributed by atoms with van der Waals surface area (Å²) in [5.74, 6) is 0. The van der Waals surface area contributed by atoms with E-state index < -0.39 is 10.0 Å². The van der Waals surface area contributed by atoms with E-state index in [4.69, 9.17) is 4.42 Å². The van der Waals surface area contributed by atoms with Crippen LogP contribution < -0.4 is 0 Å². The second-order valence-corrected chi connectivity index (χ2v) is 8.56. The summed E-state index contributed by atoms with van der Waals surface area (Å²) >= 11 is 4.56. The predicted octanol–water partition coefficient (Wildman–Crippen LogP) is 3.23. The number of halogens is 1. The molecule has 2 aromatic rings. The van der Waals surface area contributed by atoms with E-state index in [1.54, 1.807) is 25.4 Å². The van der Waals surface area contributed by atoms with Crippen molar-refractivity contribution in [2.75, 3.05) is 7.05 Å². The summed E-state index contributed by atoms with van der Waals surface area (Å²) < 4.78 is 32.1. The van der Waals surface area contributed by atoms with Gasteiger partial charge in [0.2, 0.25) is 0 Å². The molecule has 0 N–H and O–H groups in total. The van der Waals surface area contributed by atoms with Gasteiger partial charge in [0.1, 0.15) is 4.21 Å². The summed E-state index contributed by atoms with van der Waals surface area (Å²) in [6.45, 7) is 2.17. The van der Waals surface area contributed by atoms with Gasteiger partial charge in [-0.2, -0.15) is 4.31 Å². The van der Waals surface area contributed by atoms with Gasteiger partial charge in [-0.25, -0.2) is 8.42 Å². The van der Waals surface area contributed by atoms with E-state index in [0.717, 1.165) is 14.9 Å². The second-order valence-electron chi connectivity index (χ2n) is 3.91. The largest absolute Gasteiger partial charge is 0.472 e. The number of rotatable bonds is 4. The van der Waals surface area contributed by atoms with Crippen LogP contribution in [0.2, 0.25) is 0 Å². The molecule has 4 nitrogen and oxygen atoms in total. The Balaban J connectivity index is 2.25. The fourth-order valence-corrected chi connectivity index (χ4v) is 5.03. The van der Waals surface area contributed by atoms with Crippen molar-refractivity contribution in [1.82, 2.24) is 4.31 Å². The Hall–Kier alpha value is -0.630. The van der Waals surface area contributed by atoms with Crippen molar-refractivity contribution in [3.8, 4) is 0 Å². The highest BCUT2D eigenvalue weighted by molar-refractivity contribution is 9.11.